The van der Waals surface area contributed by atoms with Crippen molar-refractivity contribution in [2.75, 3.05) is 26.8 Å². The molecule has 8 nitrogen and oxygen atoms in total. The number of fused-ring (bicyclic) bond motifs is 3. The predicted octanol–water partition coefficient (Wildman–Crippen LogP) is 2.09. The van der Waals surface area contributed by atoms with Crippen LogP contribution in [0.25, 0.3) is 10.9 Å². The molecular weight excluding hydrogens is 408 g/mol. The quantitative estimate of drug-likeness (QED) is 0.594. The highest BCUT2D eigenvalue weighted by Crippen LogP contribution is 2.33. The van der Waals surface area contributed by atoms with E-state index in [4.69, 9.17) is 9.47 Å². The Morgan fingerprint density at radius 1 is 1.09 bits per heavy atom. The van der Waals surface area contributed by atoms with Gasteiger partial charge in [0.2, 0.25) is 0 Å². The van der Waals surface area contributed by atoms with E-state index in [0.717, 1.165) is 17.3 Å². The molecule has 0 radical (unpaired) electrons. The molecular formula is C24H26N4O4. The number of carbonyl (C=O) groups is 2. The Balaban J connectivity index is 1.26. The molecule has 5 rings (SSSR count). The summed E-state index contributed by atoms with van der Waals surface area (Å²) in [6.45, 7) is 1.16. The fourth-order valence-corrected chi connectivity index (χ4v) is 4.83. The molecule has 2 saturated heterocycles. The van der Waals surface area contributed by atoms with Crippen molar-refractivity contribution < 1.29 is 19.1 Å². The molecule has 2 aliphatic heterocycles. The van der Waals surface area contributed by atoms with E-state index in [2.05, 4.69) is 4.98 Å². The van der Waals surface area contributed by atoms with Crippen molar-refractivity contribution in [2.45, 2.75) is 24.6 Å². The second kappa shape index (κ2) is 8.27. The molecule has 2 amide bonds. The van der Waals surface area contributed by atoms with E-state index in [0.29, 0.717) is 24.5 Å². The summed E-state index contributed by atoms with van der Waals surface area (Å²) in [5.41, 5.74) is 1.30. The van der Waals surface area contributed by atoms with Crippen molar-refractivity contribution in [3.63, 3.8) is 0 Å². The highest BCUT2D eigenvalue weighted by molar-refractivity contribution is 6.04. The Kier molecular flexibility index (Phi) is 5.30. The van der Waals surface area contributed by atoms with Crippen molar-refractivity contribution in [3.8, 4) is 5.75 Å². The molecule has 32 heavy (non-hydrogen) atoms. The van der Waals surface area contributed by atoms with E-state index >= 15 is 0 Å². The fraction of sp³-hybridized carbons (Fsp3) is 0.375. The van der Waals surface area contributed by atoms with E-state index in [9.17, 15) is 9.59 Å². The third-order valence-electron chi connectivity index (χ3n) is 6.48. The first-order chi connectivity index (χ1) is 15.6. The van der Waals surface area contributed by atoms with Crippen molar-refractivity contribution in [2.24, 2.45) is 7.05 Å². The molecule has 166 valence electrons. The number of hydrogen-bond donors (Lipinski definition) is 0. The summed E-state index contributed by atoms with van der Waals surface area (Å²) < 4.78 is 13.1. The second-order valence-corrected chi connectivity index (χ2v) is 8.36. The Morgan fingerprint density at radius 2 is 1.84 bits per heavy atom. The van der Waals surface area contributed by atoms with Crippen LogP contribution in [0, 0.1) is 0 Å². The number of likely N-dealkylation sites (tertiary alicyclic amines) is 2. The summed E-state index contributed by atoms with van der Waals surface area (Å²) >= 11 is 0. The average Bonchev–Trinajstić information content (AvgIpc) is 3.54. The maximum absolute atomic E-state index is 13.3. The van der Waals surface area contributed by atoms with Crippen LogP contribution >= 0.6 is 0 Å². The van der Waals surface area contributed by atoms with Gasteiger partial charge in [-0.3, -0.25) is 9.59 Å². The molecule has 2 bridgehead atoms. The fourth-order valence-electron chi connectivity index (χ4n) is 4.83. The zero-order chi connectivity index (χ0) is 22.2. The van der Waals surface area contributed by atoms with E-state index in [1.165, 1.54) is 7.11 Å². The third-order valence-corrected chi connectivity index (χ3v) is 6.48. The summed E-state index contributed by atoms with van der Waals surface area (Å²) in [6, 6.07) is 13.2. The lowest BCUT2D eigenvalue weighted by molar-refractivity contribution is -0.145. The Morgan fingerprint density at radius 3 is 2.56 bits per heavy atom. The number of benzene rings is 1. The molecule has 8 heteroatoms. The third kappa shape index (κ3) is 3.50. The first-order valence-corrected chi connectivity index (χ1v) is 10.8. The molecule has 3 atom stereocenters. The minimum atomic E-state index is -0.683. The largest absolute Gasteiger partial charge is 0.490 e. The monoisotopic (exact) mass is 434 g/mol. The number of rotatable bonds is 6. The van der Waals surface area contributed by atoms with Gasteiger partial charge >= 0.3 is 0 Å². The number of para-hydroxylation sites is 1. The number of carbonyl (C=O) groups excluding carboxylic acids is 2. The number of aromatic nitrogens is 2. The van der Waals surface area contributed by atoms with Gasteiger partial charge in [0.25, 0.3) is 11.8 Å². The predicted molar refractivity (Wildman–Crippen MR) is 118 cm³/mol. The molecule has 4 heterocycles. The van der Waals surface area contributed by atoms with Gasteiger partial charge in [-0.25, -0.2) is 4.98 Å². The van der Waals surface area contributed by atoms with Crippen LogP contribution in [0.3, 0.4) is 0 Å². The number of aryl methyl sites for hydroxylation is 1. The van der Waals surface area contributed by atoms with Crippen LogP contribution in [0.2, 0.25) is 0 Å². The average molecular weight is 434 g/mol. The summed E-state index contributed by atoms with van der Waals surface area (Å²) in [5.74, 6) is 0.530. The lowest BCUT2D eigenvalue weighted by Crippen LogP contribution is -2.54. The van der Waals surface area contributed by atoms with Gasteiger partial charge in [0.1, 0.15) is 12.4 Å². The maximum atomic E-state index is 13.3. The summed E-state index contributed by atoms with van der Waals surface area (Å²) in [5, 5.41) is 0.994. The number of methoxy groups -OCH3 is 1. The van der Waals surface area contributed by atoms with Gasteiger partial charge in [0.05, 0.1) is 17.6 Å². The van der Waals surface area contributed by atoms with Crippen molar-refractivity contribution in [1.82, 2.24) is 19.4 Å². The topological polar surface area (TPSA) is 76.9 Å². The first kappa shape index (κ1) is 20.5. The maximum Gasteiger partial charge on any atom is 0.275 e. The van der Waals surface area contributed by atoms with Crippen LogP contribution in [-0.4, -0.2) is 76.2 Å². The van der Waals surface area contributed by atoms with E-state index in [1.54, 1.807) is 6.20 Å². The van der Waals surface area contributed by atoms with E-state index < -0.39 is 6.10 Å². The molecule has 0 aliphatic carbocycles. The molecule has 0 saturated carbocycles. The second-order valence-electron chi connectivity index (χ2n) is 8.36. The summed E-state index contributed by atoms with van der Waals surface area (Å²) in [4.78, 5) is 34.5. The zero-order valence-electron chi connectivity index (χ0n) is 18.2. The number of amides is 2. The number of pyridine rings is 1. The molecule has 1 unspecified atom stereocenters. The zero-order valence-corrected chi connectivity index (χ0v) is 18.2. The van der Waals surface area contributed by atoms with E-state index in [-0.39, 0.29) is 30.5 Å². The van der Waals surface area contributed by atoms with Crippen molar-refractivity contribution in [3.05, 3.63) is 60.6 Å². The molecule has 1 aromatic carbocycles. The number of nitrogens with zero attached hydrogens (tertiary/aromatic N) is 4. The van der Waals surface area contributed by atoms with Gasteiger partial charge < -0.3 is 23.8 Å². The van der Waals surface area contributed by atoms with Crippen LogP contribution in [0.1, 0.15) is 16.9 Å². The van der Waals surface area contributed by atoms with Crippen LogP contribution in [0.15, 0.2) is 54.9 Å². The molecule has 2 aliphatic rings. The summed E-state index contributed by atoms with van der Waals surface area (Å²) in [6.07, 6.45) is 3.70. The SMILES string of the molecule is COC(COc1ccccc1)C(=O)N1C[C@@H]2C[C@H]1CN2C(=O)c1nccc2ccn(C)c12. The van der Waals surface area contributed by atoms with Gasteiger partial charge in [-0.15, -0.1) is 0 Å². The standard InChI is InChI=1S/C24H26N4O4/c1-26-11-9-16-8-10-25-21(22(16)26)24(30)28-14-17-12-18(28)13-27(17)23(29)20(31-2)15-32-19-6-4-3-5-7-19/h3-11,17-18,20H,12-15H2,1-2H3/t17-,18-,20?/m0/s1. The van der Waals surface area contributed by atoms with Gasteiger partial charge in [-0.2, -0.15) is 0 Å². The van der Waals surface area contributed by atoms with Crippen molar-refractivity contribution in [1.29, 1.82) is 0 Å². The lowest BCUT2D eigenvalue weighted by atomic mass is 10.2. The van der Waals surface area contributed by atoms with Crippen molar-refractivity contribution >= 4 is 22.7 Å². The normalized spacial score (nSPS) is 20.7. The molecule has 3 aromatic rings. The number of hydrogen-bond acceptors (Lipinski definition) is 5. The highest BCUT2D eigenvalue weighted by atomic mass is 16.5. The molecule has 2 aromatic heterocycles. The highest BCUT2D eigenvalue weighted by Gasteiger charge is 2.48. The Bertz CT molecular complexity index is 1150. The van der Waals surface area contributed by atoms with Gasteiger partial charge in [-0.05, 0) is 30.7 Å². The molecule has 2 fully saturated rings. The first-order valence-electron chi connectivity index (χ1n) is 10.8. The summed E-state index contributed by atoms with van der Waals surface area (Å²) in [7, 11) is 3.44. The molecule has 0 N–H and O–H groups in total. The molecule has 0 spiro atoms. The Hall–Kier alpha value is -3.39. The van der Waals surface area contributed by atoms with Gasteiger partial charge in [0.15, 0.2) is 11.8 Å². The van der Waals surface area contributed by atoms with Crippen LogP contribution < -0.4 is 4.74 Å². The van der Waals surface area contributed by atoms with Gasteiger partial charge in [-0.1, -0.05) is 18.2 Å². The Labute approximate surface area is 186 Å². The van der Waals surface area contributed by atoms with Crippen LogP contribution in [0.5, 0.6) is 5.75 Å². The minimum absolute atomic E-state index is 0.0127. The van der Waals surface area contributed by atoms with Crippen LogP contribution in [-0.2, 0) is 16.6 Å². The van der Waals surface area contributed by atoms with Gasteiger partial charge in [0, 0.05) is 45.0 Å². The lowest BCUT2D eigenvalue weighted by Gasteiger charge is -2.35. The minimum Gasteiger partial charge on any atom is -0.490 e. The number of ether oxygens (including phenoxy) is 2. The van der Waals surface area contributed by atoms with E-state index in [1.807, 2.05) is 70.1 Å². The number of piperazine rings is 1. The smallest absolute Gasteiger partial charge is 0.275 e. The van der Waals surface area contributed by atoms with Crippen LogP contribution in [0.4, 0.5) is 0 Å².